The summed E-state index contributed by atoms with van der Waals surface area (Å²) >= 11 is 1.86. The summed E-state index contributed by atoms with van der Waals surface area (Å²) in [7, 11) is 0. The van der Waals surface area contributed by atoms with E-state index >= 15 is 0 Å². The molecule has 0 saturated heterocycles. The zero-order valence-electron chi connectivity index (χ0n) is 8.45. The van der Waals surface area contributed by atoms with Crippen LogP contribution in [-0.4, -0.2) is 11.1 Å². The number of anilines is 1. The van der Waals surface area contributed by atoms with E-state index in [1.807, 2.05) is 36.0 Å². The Labute approximate surface area is 89.3 Å². The van der Waals surface area contributed by atoms with Gasteiger partial charge in [-0.3, -0.25) is 0 Å². The minimum Gasteiger partial charge on any atom is -0.374 e. The number of nitrogens with zero attached hydrogens (tertiary/aromatic N) is 1. The standard InChI is InChI=1S/C11H14N2S/c1-3-14-9(2)13-11-6-4-10(8-12)5-7-11/h4-7,9,13H,3H2,1-2H3. The summed E-state index contributed by atoms with van der Waals surface area (Å²) in [6, 6.07) is 9.62. The SMILES string of the molecule is CCSC(C)Nc1ccc(C#N)cc1. The zero-order valence-corrected chi connectivity index (χ0v) is 9.27. The largest absolute Gasteiger partial charge is 0.374 e. The van der Waals surface area contributed by atoms with Gasteiger partial charge in [-0.1, -0.05) is 6.92 Å². The number of benzene rings is 1. The molecule has 0 amide bonds. The minimum atomic E-state index is 0.410. The van der Waals surface area contributed by atoms with Crippen LogP contribution in [0.4, 0.5) is 5.69 Å². The lowest BCUT2D eigenvalue weighted by Gasteiger charge is -2.13. The van der Waals surface area contributed by atoms with Crippen LogP contribution in [0.1, 0.15) is 19.4 Å². The maximum atomic E-state index is 8.62. The Hall–Kier alpha value is -1.14. The Morgan fingerprint density at radius 1 is 1.43 bits per heavy atom. The van der Waals surface area contributed by atoms with E-state index in [4.69, 9.17) is 5.26 Å². The van der Waals surface area contributed by atoms with Crippen molar-refractivity contribution in [1.29, 1.82) is 5.26 Å². The summed E-state index contributed by atoms with van der Waals surface area (Å²) in [5.41, 5.74) is 1.77. The quantitative estimate of drug-likeness (QED) is 0.769. The molecule has 0 fully saturated rings. The van der Waals surface area contributed by atoms with Crippen LogP contribution in [0.5, 0.6) is 0 Å². The number of thioether (sulfide) groups is 1. The Kier molecular flexibility index (Phi) is 4.34. The van der Waals surface area contributed by atoms with Crippen molar-refractivity contribution in [3.63, 3.8) is 0 Å². The summed E-state index contributed by atoms with van der Waals surface area (Å²) in [5, 5.41) is 12.4. The summed E-state index contributed by atoms with van der Waals surface area (Å²) in [5.74, 6) is 1.10. The highest BCUT2D eigenvalue weighted by molar-refractivity contribution is 7.99. The third-order valence-electron chi connectivity index (χ3n) is 1.80. The third kappa shape index (κ3) is 3.31. The van der Waals surface area contributed by atoms with Crippen LogP contribution in [0, 0.1) is 11.3 Å². The van der Waals surface area contributed by atoms with Crippen LogP contribution in [0.25, 0.3) is 0 Å². The second-order valence-electron chi connectivity index (χ2n) is 2.93. The first kappa shape index (κ1) is 10.9. The Bertz CT molecular complexity index is 313. The molecule has 1 aromatic carbocycles. The molecule has 74 valence electrons. The van der Waals surface area contributed by atoms with Gasteiger partial charge in [0, 0.05) is 5.69 Å². The summed E-state index contributed by atoms with van der Waals surface area (Å²) in [6.07, 6.45) is 0. The van der Waals surface area contributed by atoms with Crippen molar-refractivity contribution in [3.05, 3.63) is 29.8 Å². The lowest BCUT2D eigenvalue weighted by atomic mass is 10.2. The molecule has 0 spiro atoms. The Morgan fingerprint density at radius 3 is 2.57 bits per heavy atom. The van der Waals surface area contributed by atoms with Crippen molar-refractivity contribution >= 4 is 17.4 Å². The zero-order chi connectivity index (χ0) is 10.4. The summed E-state index contributed by atoms with van der Waals surface area (Å²) in [6.45, 7) is 4.27. The second-order valence-corrected chi connectivity index (χ2v) is 4.55. The molecule has 0 aromatic heterocycles. The lowest BCUT2D eigenvalue weighted by molar-refractivity contribution is 1.12. The van der Waals surface area contributed by atoms with E-state index in [0.29, 0.717) is 10.9 Å². The fourth-order valence-corrected chi connectivity index (χ4v) is 1.89. The first-order chi connectivity index (χ1) is 6.76. The highest BCUT2D eigenvalue weighted by atomic mass is 32.2. The van der Waals surface area contributed by atoms with E-state index in [1.165, 1.54) is 0 Å². The van der Waals surface area contributed by atoms with Crippen molar-refractivity contribution in [1.82, 2.24) is 0 Å². The molecule has 14 heavy (non-hydrogen) atoms. The Morgan fingerprint density at radius 2 is 2.07 bits per heavy atom. The number of hydrogen-bond acceptors (Lipinski definition) is 3. The van der Waals surface area contributed by atoms with E-state index in [2.05, 4.69) is 25.2 Å². The molecule has 1 rings (SSSR count). The molecule has 1 N–H and O–H groups in total. The molecule has 0 bridgehead atoms. The molecular formula is C11H14N2S. The molecule has 0 heterocycles. The van der Waals surface area contributed by atoms with Crippen molar-refractivity contribution in [2.75, 3.05) is 11.1 Å². The van der Waals surface area contributed by atoms with Gasteiger partial charge in [-0.05, 0) is 36.9 Å². The van der Waals surface area contributed by atoms with Gasteiger partial charge in [0.05, 0.1) is 17.0 Å². The maximum Gasteiger partial charge on any atom is 0.0991 e. The first-order valence-electron chi connectivity index (χ1n) is 4.64. The molecule has 0 radical (unpaired) electrons. The fourth-order valence-electron chi connectivity index (χ4n) is 1.17. The van der Waals surface area contributed by atoms with E-state index in [9.17, 15) is 0 Å². The van der Waals surface area contributed by atoms with Gasteiger partial charge >= 0.3 is 0 Å². The number of rotatable bonds is 4. The molecule has 3 heteroatoms. The third-order valence-corrected chi connectivity index (χ3v) is 2.75. The van der Waals surface area contributed by atoms with Gasteiger partial charge < -0.3 is 5.32 Å². The van der Waals surface area contributed by atoms with Gasteiger partial charge in [0.25, 0.3) is 0 Å². The van der Waals surface area contributed by atoms with Gasteiger partial charge in [0.2, 0.25) is 0 Å². The highest BCUT2D eigenvalue weighted by Crippen LogP contribution is 2.15. The van der Waals surface area contributed by atoms with Crippen LogP contribution in [0.2, 0.25) is 0 Å². The fraction of sp³-hybridized carbons (Fsp3) is 0.364. The van der Waals surface area contributed by atoms with E-state index < -0.39 is 0 Å². The normalized spacial score (nSPS) is 11.8. The van der Waals surface area contributed by atoms with Crippen molar-refractivity contribution in [2.45, 2.75) is 19.2 Å². The van der Waals surface area contributed by atoms with E-state index in [0.717, 1.165) is 11.4 Å². The molecule has 0 aliphatic heterocycles. The molecular weight excluding hydrogens is 192 g/mol. The molecule has 0 saturated carbocycles. The van der Waals surface area contributed by atoms with Gasteiger partial charge in [0.1, 0.15) is 0 Å². The molecule has 1 unspecified atom stereocenters. The van der Waals surface area contributed by atoms with Gasteiger partial charge in [-0.25, -0.2) is 0 Å². The monoisotopic (exact) mass is 206 g/mol. The van der Waals surface area contributed by atoms with Crippen molar-refractivity contribution in [2.24, 2.45) is 0 Å². The average molecular weight is 206 g/mol. The highest BCUT2D eigenvalue weighted by Gasteiger charge is 2.00. The number of hydrogen-bond donors (Lipinski definition) is 1. The maximum absolute atomic E-state index is 8.62. The molecule has 0 aliphatic carbocycles. The minimum absolute atomic E-state index is 0.410. The predicted molar refractivity (Wildman–Crippen MR) is 62.4 cm³/mol. The van der Waals surface area contributed by atoms with Crippen LogP contribution in [0.3, 0.4) is 0 Å². The van der Waals surface area contributed by atoms with Crippen LogP contribution in [-0.2, 0) is 0 Å². The first-order valence-corrected chi connectivity index (χ1v) is 5.69. The smallest absolute Gasteiger partial charge is 0.0991 e. The summed E-state index contributed by atoms with van der Waals surface area (Å²) < 4.78 is 0. The van der Waals surface area contributed by atoms with Crippen molar-refractivity contribution in [3.8, 4) is 6.07 Å². The van der Waals surface area contributed by atoms with E-state index in [-0.39, 0.29) is 0 Å². The van der Waals surface area contributed by atoms with Crippen LogP contribution >= 0.6 is 11.8 Å². The number of nitriles is 1. The van der Waals surface area contributed by atoms with E-state index in [1.54, 1.807) is 0 Å². The molecule has 1 aromatic rings. The molecule has 2 nitrogen and oxygen atoms in total. The predicted octanol–water partition coefficient (Wildman–Crippen LogP) is 3.07. The summed E-state index contributed by atoms with van der Waals surface area (Å²) in [4.78, 5) is 0. The van der Waals surface area contributed by atoms with Crippen LogP contribution < -0.4 is 5.32 Å². The molecule has 0 aliphatic rings. The lowest BCUT2D eigenvalue weighted by Crippen LogP contribution is -2.10. The van der Waals surface area contributed by atoms with Gasteiger partial charge in [0.15, 0.2) is 0 Å². The van der Waals surface area contributed by atoms with Crippen LogP contribution in [0.15, 0.2) is 24.3 Å². The van der Waals surface area contributed by atoms with Crippen molar-refractivity contribution < 1.29 is 0 Å². The molecule has 1 atom stereocenters. The Balaban J connectivity index is 2.56. The van der Waals surface area contributed by atoms with Gasteiger partial charge in [-0.2, -0.15) is 5.26 Å². The average Bonchev–Trinajstić information content (AvgIpc) is 2.19. The topological polar surface area (TPSA) is 35.8 Å². The second kappa shape index (κ2) is 5.56. The number of nitrogens with one attached hydrogen (secondary N) is 1. The van der Waals surface area contributed by atoms with Gasteiger partial charge in [-0.15, -0.1) is 11.8 Å².